The number of hydrogen-bond acceptors (Lipinski definition) is 3. The lowest BCUT2D eigenvalue weighted by molar-refractivity contribution is 0.408. The van der Waals surface area contributed by atoms with Crippen LogP contribution in [0.2, 0.25) is 0 Å². The molecule has 2 N–H and O–H groups in total. The quantitative estimate of drug-likeness (QED) is 0.794. The minimum absolute atomic E-state index is 0.0987. The van der Waals surface area contributed by atoms with Gasteiger partial charge in [-0.25, -0.2) is 0 Å². The molecular formula is C18H18N2O. The lowest BCUT2D eigenvalue weighted by Gasteiger charge is -2.14. The highest BCUT2D eigenvalue weighted by molar-refractivity contribution is 5.78. The predicted molar refractivity (Wildman–Crippen MR) is 85.4 cm³/mol. The summed E-state index contributed by atoms with van der Waals surface area (Å²) in [6.45, 7) is 0. The highest BCUT2D eigenvalue weighted by Gasteiger charge is 2.11. The van der Waals surface area contributed by atoms with E-state index < -0.39 is 0 Å². The molecule has 2 aromatic carbocycles. The molecule has 0 saturated heterocycles. The van der Waals surface area contributed by atoms with Gasteiger partial charge in [0, 0.05) is 17.6 Å². The van der Waals surface area contributed by atoms with Crippen molar-refractivity contribution < 1.29 is 4.74 Å². The fourth-order valence-electron chi connectivity index (χ4n) is 2.52. The SMILES string of the molecule is COc1ccccc1CC(N)c1cnc2ccccc2c1. The van der Waals surface area contributed by atoms with Crippen LogP contribution in [-0.2, 0) is 6.42 Å². The van der Waals surface area contributed by atoms with Crippen LogP contribution < -0.4 is 10.5 Å². The molecule has 0 saturated carbocycles. The average molecular weight is 278 g/mol. The molecular weight excluding hydrogens is 260 g/mol. The Morgan fingerprint density at radius 2 is 1.86 bits per heavy atom. The summed E-state index contributed by atoms with van der Waals surface area (Å²) < 4.78 is 5.38. The van der Waals surface area contributed by atoms with E-state index in [2.05, 4.69) is 17.1 Å². The normalized spacial score (nSPS) is 12.3. The van der Waals surface area contributed by atoms with E-state index in [4.69, 9.17) is 10.5 Å². The van der Waals surface area contributed by atoms with Crippen LogP contribution in [0.5, 0.6) is 5.75 Å². The second-order valence-corrected chi connectivity index (χ2v) is 5.08. The predicted octanol–water partition coefficient (Wildman–Crippen LogP) is 3.49. The number of benzene rings is 2. The van der Waals surface area contributed by atoms with Gasteiger partial charge in [-0.05, 0) is 35.7 Å². The molecule has 3 aromatic rings. The fourth-order valence-corrected chi connectivity index (χ4v) is 2.52. The van der Waals surface area contributed by atoms with E-state index in [1.165, 1.54) is 0 Å². The highest BCUT2D eigenvalue weighted by atomic mass is 16.5. The number of hydrogen-bond donors (Lipinski definition) is 1. The van der Waals surface area contributed by atoms with E-state index in [0.717, 1.165) is 34.2 Å². The van der Waals surface area contributed by atoms with Gasteiger partial charge >= 0.3 is 0 Å². The Morgan fingerprint density at radius 3 is 2.71 bits per heavy atom. The lowest BCUT2D eigenvalue weighted by atomic mass is 9.99. The van der Waals surface area contributed by atoms with E-state index in [1.54, 1.807) is 7.11 Å². The summed E-state index contributed by atoms with van der Waals surface area (Å²) in [5, 5.41) is 1.12. The van der Waals surface area contributed by atoms with Crippen molar-refractivity contribution in [2.75, 3.05) is 7.11 Å². The van der Waals surface area contributed by atoms with E-state index in [-0.39, 0.29) is 6.04 Å². The molecule has 0 aliphatic carbocycles. The molecule has 0 aliphatic rings. The number of pyridine rings is 1. The van der Waals surface area contributed by atoms with Crippen LogP contribution in [0.25, 0.3) is 10.9 Å². The Bertz CT molecular complexity index is 755. The minimum Gasteiger partial charge on any atom is -0.496 e. The van der Waals surface area contributed by atoms with E-state index in [9.17, 15) is 0 Å². The summed E-state index contributed by atoms with van der Waals surface area (Å²) in [5.41, 5.74) is 9.49. The molecule has 3 nitrogen and oxygen atoms in total. The maximum absolute atomic E-state index is 6.35. The first-order valence-electron chi connectivity index (χ1n) is 7.00. The van der Waals surface area contributed by atoms with E-state index in [1.807, 2.05) is 48.7 Å². The number of nitrogens with two attached hydrogens (primary N) is 1. The Hall–Kier alpha value is -2.39. The maximum Gasteiger partial charge on any atom is 0.122 e. The number of rotatable bonds is 4. The van der Waals surface area contributed by atoms with Crippen molar-refractivity contribution in [1.29, 1.82) is 0 Å². The Labute approximate surface area is 124 Å². The molecule has 0 amide bonds. The first-order valence-corrected chi connectivity index (χ1v) is 7.00. The molecule has 1 atom stereocenters. The van der Waals surface area contributed by atoms with Gasteiger partial charge in [0.15, 0.2) is 0 Å². The molecule has 1 aromatic heterocycles. The largest absolute Gasteiger partial charge is 0.496 e. The summed E-state index contributed by atoms with van der Waals surface area (Å²) in [5.74, 6) is 0.877. The van der Waals surface area contributed by atoms with E-state index in [0.29, 0.717) is 0 Å². The number of para-hydroxylation sites is 2. The number of methoxy groups -OCH3 is 1. The van der Waals surface area contributed by atoms with Gasteiger partial charge in [-0.1, -0.05) is 36.4 Å². The van der Waals surface area contributed by atoms with Crippen LogP contribution in [0.1, 0.15) is 17.2 Å². The number of ether oxygens (including phenoxy) is 1. The van der Waals surface area contributed by atoms with Crippen molar-refractivity contribution in [3.05, 3.63) is 71.9 Å². The fraction of sp³-hybridized carbons (Fsp3) is 0.167. The highest BCUT2D eigenvalue weighted by Crippen LogP contribution is 2.24. The summed E-state index contributed by atoms with van der Waals surface area (Å²) >= 11 is 0. The standard InChI is InChI=1S/C18H18N2O/c1-21-18-9-5-3-7-14(18)11-16(19)15-10-13-6-2-4-8-17(13)20-12-15/h2-10,12,16H,11,19H2,1H3. The van der Waals surface area contributed by atoms with Gasteiger partial charge in [0.2, 0.25) is 0 Å². The zero-order chi connectivity index (χ0) is 14.7. The van der Waals surface area contributed by atoms with Crippen molar-refractivity contribution in [1.82, 2.24) is 4.98 Å². The molecule has 3 heteroatoms. The van der Waals surface area contributed by atoms with Crippen LogP contribution in [-0.4, -0.2) is 12.1 Å². The van der Waals surface area contributed by atoms with Crippen LogP contribution in [0.3, 0.4) is 0 Å². The molecule has 0 fully saturated rings. The van der Waals surface area contributed by atoms with Crippen molar-refractivity contribution >= 4 is 10.9 Å². The topological polar surface area (TPSA) is 48.1 Å². The number of nitrogens with zero attached hydrogens (tertiary/aromatic N) is 1. The summed E-state index contributed by atoms with van der Waals surface area (Å²) in [6.07, 6.45) is 2.59. The molecule has 1 heterocycles. The second kappa shape index (κ2) is 5.94. The Balaban J connectivity index is 1.88. The van der Waals surface area contributed by atoms with Crippen LogP contribution in [0.15, 0.2) is 60.8 Å². The molecule has 0 bridgehead atoms. The number of fused-ring (bicyclic) bond motifs is 1. The Kier molecular flexibility index (Phi) is 3.84. The summed E-state index contributed by atoms with van der Waals surface area (Å²) in [7, 11) is 1.68. The van der Waals surface area contributed by atoms with Crippen LogP contribution in [0, 0.1) is 0 Å². The van der Waals surface area contributed by atoms with Gasteiger partial charge in [0.05, 0.1) is 12.6 Å². The van der Waals surface area contributed by atoms with Crippen molar-refractivity contribution in [3.63, 3.8) is 0 Å². The second-order valence-electron chi connectivity index (χ2n) is 5.08. The molecule has 0 radical (unpaired) electrons. The van der Waals surface area contributed by atoms with Crippen molar-refractivity contribution in [2.45, 2.75) is 12.5 Å². The summed E-state index contributed by atoms with van der Waals surface area (Å²) in [6, 6.07) is 18.1. The van der Waals surface area contributed by atoms with Crippen LogP contribution in [0.4, 0.5) is 0 Å². The first kappa shape index (κ1) is 13.6. The zero-order valence-electron chi connectivity index (χ0n) is 12.0. The minimum atomic E-state index is -0.0987. The van der Waals surface area contributed by atoms with Crippen molar-refractivity contribution in [3.8, 4) is 5.75 Å². The molecule has 1 unspecified atom stereocenters. The third-order valence-electron chi connectivity index (χ3n) is 3.67. The monoisotopic (exact) mass is 278 g/mol. The molecule has 106 valence electrons. The van der Waals surface area contributed by atoms with Gasteiger partial charge in [0.1, 0.15) is 5.75 Å². The molecule has 0 aliphatic heterocycles. The summed E-state index contributed by atoms with van der Waals surface area (Å²) in [4.78, 5) is 4.48. The zero-order valence-corrected chi connectivity index (χ0v) is 12.0. The van der Waals surface area contributed by atoms with Gasteiger partial charge in [0.25, 0.3) is 0 Å². The third-order valence-corrected chi connectivity index (χ3v) is 3.67. The maximum atomic E-state index is 6.35. The van der Waals surface area contributed by atoms with Gasteiger partial charge in [-0.3, -0.25) is 4.98 Å². The molecule has 21 heavy (non-hydrogen) atoms. The Morgan fingerprint density at radius 1 is 1.10 bits per heavy atom. The average Bonchev–Trinajstić information content (AvgIpc) is 2.55. The van der Waals surface area contributed by atoms with Gasteiger partial charge < -0.3 is 10.5 Å². The molecule has 3 rings (SSSR count). The smallest absolute Gasteiger partial charge is 0.122 e. The van der Waals surface area contributed by atoms with Gasteiger partial charge in [-0.15, -0.1) is 0 Å². The first-order chi connectivity index (χ1) is 10.3. The molecule has 0 spiro atoms. The lowest BCUT2D eigenvalue weighted by Crippen LogP contribution is -2.14. The van der Waals surface area contributed by atoms with E-state index >= 15 is 0 Å². The number of aromatic nitrogens is 1. The third kappa shape index (κ3) is 2.88. The van der Waals surface area contributed by atoms with Crippen molar-refractivity contribution in [2.24, 2.45) is 5.73 Å². The van der Waals surface area contributed by atoms with Gasteiger partial charge in [-0.2, -0.15) is 0 Å². The van der Waals surface area contributed by atoms with Crippen LogP contribution >= 0.6 is 0 Å².